The van der Waals surface area contributed by atoms with Crippen LogP contribution >= 0.6 is 0 Å². The van der Waals surface area contributed by atoms with Crippen molar-refractivity contribution in [3.05, 3.63) is 36.2 Å². The number of hydrogen-bond acceptors (Lipinski definition) is 2. The van der Waals surface area contributed by atoms with E-state index in [1.165, 1.54) is 24.3 Å². The molecule has 4 heteroatoms. The molecule has 0 aliphatic heterocycles. The summed E-state index contributed by atoms with van der Waals surface area (Å²) in [5.41, 5.74) is 5.94. The third-order valence-electron chi connectivity index (χ3n) is 1.57. The SMILES string of the molecule is C/C=C/C(=O)Nc1cc(N)ccc1F. The standard InChI is InChI=1S/C10H11FN2O/c1-2-3-10(14)13-9-6-7(12)4-5-8(9)11/h2-6H,12H2,1H3,(H,13,14)/b3-2+. The summed E-state index contributed by atoms with van der Waals surface area (Å²) in [4.78, 5) is 11.1. The van der Waals surface area contributed by atoms with Gasteiger partial charge in [0.2, 0.25) is 5.91 Å². The lowest BCUT2D eigenvalue weighted by Crippen LogP contribution is -2.09. The second-order valence-corrected chi connectivity index (χ2v) is 2.73. The predicted octanol–water partition coefficient (Wildman–Crippen LogP) is 1.92. The zero-order valence-corrected chi connectivity index (χ0v) is 7.75. The first kappa shape index (κ1) is 10.2. The van der Waals surface area contributed by atoms with Gasteiger partial charge < -0.3 is 11.1 Å². The smallest absolute Gasteiger partial charge is 0.248 e. The Labute approximate surface area is 81.4 Å². The fourth-order valence-electron chi connectivity index (χ4n) is 0.964. The number of nitrogens with one attached hydrogen (secondary N) is 1. The molecule has 74 valence electrons. The van der Waals surface area contributed by atoms with Gasteiger partial charge in [-0.1, -0.05) is 6.08 Å². The van der Waals surface area contributed by atoms with Gasteiger partial charge in [0.05, 0.1) is 5.69 Å². The van der Waals surface area contributed by atoms with Crippen LogP contribution in [0.4, 0.5) is 15.8 Å². The first-order chi connectivity index (χ1) is 6.63. The van der Waals surface area contributed by atoms with Crippen LogP contribution in [-0.2, 0) is 4.79 Å². The number of anilines is 2. The first-order valence-electron chi connectivity index (χ1n) is 4.12. The molecular weight excluding hydrogens is 183 g/mol. The van der Waals surface area contributed by atoms with Crippen molar-refractivity contribution in [2.45, 2.75) is 6.92 Å². The molecular formula is C10H11FN2O. The van der Waals surface area contributed by atoms with Crippen molar-refractivity contribution in [3.63, 3.8) is 0 Å². The molecule has 0 spiro atoms. The van der Waals surface area contributed by atoms with E-state index in [0.29, 0.717) is 5.69 Å². The molecule has 0 unspecified atom stereocenters. The molecule has 0 fully saturated rings. The lowest BCUT2D eigenvalue weighted by Gasteiger charge is -2.04. The zero-order chi connectivity index (χ0) is 10.6. The molecule has 1 aromatic carbocycles. The summed E-state index contributed by atoms with van der Waals surface area (Å²) >= 11 is 0. The van der Waals surface area contributed by atoms with Crippen molar-refractivity contribution in [2.24, 2.45) is 0 Å². The summed E-state index contributed by atoms with van der Waals surface area (Å²) in [5, 5.41) is 2.37. The number of allylic oxidation sites excluding steroid dienone is 1. The minimum atomic E-state index is -0.503. The van der Waals surface area contributed by atoms with Crippen molar-refractivity contribution in [1.29, 1.82) is 0 Å². The van der Waals surface area contributed by atoms with Gasteiger partial charge >= 0.3 is 0 Å². The summed E-state index contributed by atoms with van der Waals surface area (Å²) in [7, 11) is 0. The topological polar surface area (TPSA) is 55.1 Å². The molecule has 14 heavy (non-hydrogen) atoms. The normalized spacial score (nSPS) is 10.4. The van der Waals surface area contributed by atoms with Gasteiger partial charge in [-0.15, -0.1) is 0 Å². The third-order valence-corrected chi connectivity index (χ3v) is 1.57. The molecule has 1 aromatic rings. The van der Waals surface area contributed by atoms with Gasteiger partial charge in [0, 0.05) is 5.69 Å². The van der Waals surface area contributed by atoms with E-state index >= 15 is 0 Å². The highest BCUT2D eigenvalue weighted by Crippen LogP contribution is 2.17. The summed E-state index contributed by atoms with van der Waals surface area (Å²) < 4.78 is 13.1. The Morgan fingerprint density at radius 1 is 1.57 bits per heavy atom. The number of carbonyl (C=O) groups excluding carboxylic acids is 1. The molecule has 0 aliphatic carbocycles. The highest BCUT2D eigenvalue weighted by Gasteiger charge is 2.04. The summed E-state index contributed by atoms with van der Waals surface area (Å²) in [6, 6.07) is 4.01. The van der Waals surface area contributed by atoms with Crippen LogP contribution < -0.4 is 11.1 Å². The highest BCUT2D eigenvalue weighted by atomic mass is 19.1. The van der Waals surface area contributed by atoms with E-state index in [-0.39, 0.29) is 11.6 Å². The second kappa shape index (κ2) is 4.41. The Morgan fingerprint density at radius 3 is 2.93 bits per heavy atom. The molecule has 3 nitrogen and oxygen atoms in total. The average molecular weight is 194 g/mol. The maximum absolute atomic E-state index is 13.1. The minimum Gasteiger partial charge on any atom is -0.399 e. The highest BCUT2D eigenvalue weighted by molar-refractivity contribution is 5.99. The van der Waals surface area contributed by atoms with Crippen LogP contribution in [0.2, 0.25) is 0 Å². The average Bonchev–Trinajstić information content (AvgIpc) is 2.12. The van der Waals surface area contributed by atoms with Gasteiger partial charge in [0.1, 0.15) is 5.82 Å². The quantitative estimate of drug-likeness (QED) is 0.558. The van der Waals surface area contributed by atoms with E-state index in [9.17, 15) is 9.18 Å². The number of rotatable bonds is 2. The monoisotopic (exact) mass is 194 g/mol. The zero-order valence-electron chi connectivity index (χ0n) is 7.75. The third kappa shape index (κ3) is 2.58. The summed E-state index contributed by atoms with van der Waals surface area (Å²) in [6.45, 7) is 1.70. The van der Waals surface area contributed by atoms with Gasteiger partial charge in [0.25, 0.3) is 0 Å². The molecule has 3 N–H and O–H groups in total. The number of nitrogen functional groups attached to an aromatic ring is 1. The van der Waals surface area contributed by atoms with E-state index in [2.05, 4.69) is 5.32 Å². The molecule has 0 aromatic heterocycles. The van der Waals surface area contributed by atoms with Crippen LogP contribution in [0.5, 0.6) is 0 Å². The fraction of sp³-hybridized carbons (Fsp3) is 0.100. The van der Waals surface area contributed by atoms with Crippen LogP contribution in [0, 0.1) is 5.82 Å². The van der Waals surface area contributed by atoms with Gasteiger partial charge in [-0.2, -0.15) is 0 Å². The van der Waals surface area contributed by atoms with Crippen molar-refractivity contribution < 1.29 is 9.18 Å². The van der Waals surface area contributed by atoms with Gasteiger partial charge in [0.15, 0.2) is 0 Å². The Balaban J connectivity index is 2.85. The van der Waals surface area contributed by atoms with Gasteiger partial charge in [-0.05, 0) is 31.2 Å². The molecule has 1 amide bonds. The van der Waals surface area contributed by atoms with E-state index in [1.807, 2.05) is 0 Å². The number of carbonyl (C=O) groups is 1. The van der Waals surface area contributed by atoms with Crippen LogP contribution in [0.15, 0.2) is 30.4 Å². The summed E-state index contributed by atoms with van der Waals surface area (Å²) in [6.07, 6.45) is 2.88. The molecule has 0 radical (unpaired) electrons. The Hall–Kier alpha value is -1.84. The Kier molecular flexibility index (Phi) is 3.23. The maximum atomic E-state index is 13.1. The molecule has 0 heterocycles. The van der Waals surface area contributed by atoms with Crippen molar-refractivity contribution >= 4 is 17.3 Å². The molecule has 0 saturated heterocycles. The number of nitrogens with two attached hydrogens (primary N) is 1. The number of hydrogen-bond donors (Lipinski definition) is 2. The van der Waals surface area contributed by atoms with E-state index in [0.717, 1.165) is 0 Å². The molecule has 0 atom stereocenters. The van der Waals surface area contributed by atoms with Crippen molar-refractivity contribution in [1.82, 2.24) is 0 Å². The Bertz CT molecular complexity index is 374. The van der Waals surface area contributed by atoms with Crippen LogP contribution in [0.3, 0.4) is 0 Å². The van der Waals surface area contributed by atoms with Gasteiger partial charge in [-0.25, -0.2) is 4.39 Å². The lowest BCUT2D eigenvalue weighted by atomic mass is 10.2. The minimum absolute atomic E-state index is 0.0908. The number of amides is 1. The van der Waals surface area contributed by atoms with Gasteiger partial charge in [-0.3, -0.25) is 4.79 Å². The number of halogens is 1. The number of benzene rings is 1. The largest absolute Gasteiger partial charge is 0.399 e. The lowest BCUT2D eigenvalue weighted by molar-refractivity contribution is -0.111. The second-order valence-electron chi connectivity index (χ2n) is 2.73. The van der Waals surface area contributed by atoms with E-state index in [4.69, 9.17) is 5.73 Å². The van der Waals surface area contributed by atoms with E-state index < -0.39 is 5.82 Å². The molecule has 0 bridgehead atoms. The summed E-state index contributed by atoms with van der Waals surface area (Å²) in [5.74, 6) is -0.881. The molecule has 0 saturated carbocycles. The first-order valence-corrected chi connectivity index (χ1v) is 4.12. The van der Waals surface area contributed by atoms with Crippen molar-refractivity contribution in [2.75, 3.05) is 11.1 Å². The molecule has 0 aliphatic rings. The van der Waals surface area contributed by atoms with Crippen LogP contribution in [0.1, 0.15) is 6.92 Å². The predicted molar refractivity (Wildman–Crippen MR) is 54.3 cm³/mol. The van der Waals surface area contributed by atoms with Crippen LogP contribution in [-0.4, -0.2) is 5.91 Å². The Morgan fingerprint density at radius 2 is 2.29 bits per heavy atom. The maximum Gasteiger partial charge on any atom is 0.248 e. The van der Waals surface area contributed by atoms with Crippen molar-refractivity contribution in [3.8, 4) is 0 Å². The van der Waals surface area contributed by atoms with Crippen LogP contribution in [0.25, 0.3) is 0 Å². The van der Waals surface area contributed by atoms with E-state index in [1.54, 1.807) is 13.0 Å². The molecule has 1 rings (SSSR count). The fourth-order valence-corrected chi connectivity index (χ4v) is 0.964.